The quantitative estimate of drug-likeness (QED) is 0.785. The summed E-state index contributed by atoms with van der Waals surface area (Å²) in [7, 11) is 0. The van der Waals surface area contributed by atoms with Crippen molar-refractivity contribution in [2.75, 3.05) is 0 Å². The summed E-state index contributed by atoms with van der Waals surface area (Å²) in [6, 6.07) is 6.39. The molecule has 1 heterocycles. The largest absolute Gasteiger partial charge is 0.406 e. The Morgan fingerprint density at radius 1 is 1.40 bits per heavy atom. The first-order valence-electron chi connectivity index (χ1n) is 5.78. The summed E-state index contributed by atoms with van der Waals surface area (Å²) >= 11 is 6.06. The molecule has 20 heavy (non-hydrogen) atoms. The molecule has 0 saturated heterocycles. The van der Waals surface area contributed by atoms with Crippen LogP contribution in [0.15, 0.2) is 24.3 Å². The van der Waals surface area contributed by atoms with Crippen LogP contribution in [0.25, 0.3) is 17.0 Å². The van der Waals surface area contributed by atoms with Crippen LogP contribution in [0.2, 0.25) is 5.02 Å². The molecule has 2 rings (SSSR count). The van der Waals surface area contributed by atoms with Crippen molar-refractivity contribution >= 4 is 28.6 Å². The monoisotopic (exact) mass is 298 g/mol. The number of nitrogens with zero attached hydrogens (tertiary/aromatic N) is 2. The van der Waals surface area contributed by atoms with Crippen LogP contribution < -0.4 is 0 Å². The summed E-state index contributed by atoms with van der Waals surface area (Å²) in [5.74, 6) is 0. The van der Waals surface area contributed by atoms with Gasteiger partial charge in [0.2, 0.25) is 0 Å². The number of halogens is 4. The maximum absolute atomic E-state index is 12.7. The molecule has 0 saturated carbocycles. The van der Waals surface area contributed by atoms with Crippen molar-refractivity contribution in [1.82, 2.24) is 4.57 Å². The van der Waals surface area contributed by atoms with Gasteiger partial charge in [0, 0.05) is 11.1 Å². The summed E-state index contributed by atoms with van der Waals surface area (Å²) in [5.41, 5.74) is 1.01. The Labute approximate surface area is 118 Å². The summed E-state index contributed by atoms with van der Waals surface area (Å²) < 4.78 is 39.2. The molecule has 0 radical (unpaired) electrons. The predicted molar refractivity (Wildman–Crippen MR) is 72.4 cm³/mol. The second-order valence-corrected chi connectivity index (χ2v) is 4.62. The van der Waals surface area contributed by atoms with Crippen LogP contribution in [0.4, 0.5) is 13.2 Å². The topological polar surface area (TPSA) is 28.7 Å². The molecule has 6 heteroatoms. The lowest BCUT2D eigenvalue weighted by molar-refractivity contribution is -0.139. The minimum atomic E-state index is -4.33. The number of alkyl halides is 3. The van der Waals surface area contributed by atoms with Gasteiger partial charge in [0.25, 0.3) is 0 Å². The summed E-state index contributed by atoms with van der Waals surface area (Å²) in [5, 5.41) is 9.53. The van der Waals surface area contributed by atoms with Gasteiger partial charge in [0.1, 0.15) is 12.6 Å². The van der Waals surface area contributed by atoms with E-state index in [0.717, 1.165) is 4.57 Å². The van der Waals surface area contributed by atoms with E-state index in [1.54, 1.807) is 25.1 Å². The number of fused-ring (bicyclic) bond motifs is 1. The highest BCUT2D eigenvalue weighted by Gasteiger charge is 2.29. The van der Waals surface area contributed by atoms with E-state index in [-0.39, 0.29) is 10.6 Å². The molecule has 0 aliphatic carbocycles. The van der Waals surface area contributed by atoms with Gasteiger partial charge in [-0.2, -0.15) is 18.4 Å². The van der Waals surface area contributed by atoms with E-state index in [0.29, 0.717) is 16.6 Å². The van der Waals surface area contributed by atoms with Crippen LogP contribution in [0, 0.1) is 11.3 Å². The number of hydrogen-bond acceptors (Lipinski definition) is 1. The van der Waals surface area contributed by atoms with Gasteiger partial charge < -0.3 is 4.57 Å². The average Bonchev–Trinajstić information content (AvgIpc) is 2.68. The van der Waals surface area contributed by atoms with Gasteiger partial charge in [-0.1, -0.05) is 17.7 Å². The smallest absolute Gasteiger partial charge is 0.332 e. The third-order valence-electron chi connectivity index (χ3n) is 2.85. The van der Waals surface area contributed by atoms with Gasteiger partial charge in [-0.3, -0.25) is 0 Å². The van der Waals surface area contributed by atoms with Crippen LogP contribution in [0.3, 0.4) is 0 Å². The molecule has 1 aromatic heterocycles. The van der Waals surface area contributed by atoms with E-state index in [1.165, 1.54) is 12.1 Å². The molecule has 0 unspecified atom stereocenters. The van der Waals surface area contributed by atoms with Crippen LogP contribution >= 0.6 is 11.6 Å². The Morgan fingerprint density at radius 2 is 2.10 bits per heavy atom. The van der Waals surface area contributed by atoms with E-state index in [9.17, 15) is 13.2 Å². The second kappa shape index (κ2) is 5.22. The Balaban J connectivity index is 2.74. The first-order valence-corrected chi connectivity index (χ1v) is 6.16. The highest BCUT2D eigenvalue weighted by atomic mass is 35.5. The maximum Gasteiger partial charge on any atom is 0.406 e. The van der Waals surface area contributed by atoms with E-state index < -0.39 is 12.7 Å². The number of nitriles is 1. The number of aromatic nitrogens is 1. The average molecular weight is 299 g/mol. The van der Waals surface area contributed by atoms with E-state index in [1.807, 2.05) is 6.07 Å². The SMILES string of the molecule is C/C=C/c1cc2c(Cl)c(C#N)ccc2n1CC(F)(F)F. The van der Waals surface area contributed by atoms with Crippen molar-refractivity contribution in [2.24, 2.45) is 0 Å². The molecule has 0 aliphatic heterocycles. The third-order valence-corrected chi connectivity index (χ3v) is 3.25. The van der Waals surface area contributed by atoms with E-state index >= 15 is 0 Å². The molecular weight excluding hydrogens is 289 g/mol. The minimum absolute atomic E-state index is 0.177. The Kier molecular flexibility index (Phi) is 3.78. The molecular formula is C14H10ClF3N2. The zero-order valence-corrected chi connectivity index (χ0v) is 11.3. The molecule has 0 bridgehead atoms. The van der Waals surface area contributed by atoms with Gasteiger partial charge in [-0.15, -0.1) is 0 Å². The van der Waals surface area contributed by atoms with Crippen molar-refractivity contribution in [2.45, 2.75) is 19.6 Å². The van der Waals surface area contributed by atoms with Gasteiger partial charge >= 0.3 is 6.18 Å². The number of allylic oxidation sites excluding steroid dienone is 1. The van der Waals surface area contributed by atoms with Crippen molar-refractivity contribution in [3.63, 3.8) is 0 Å². The minimum Gasteiger partial charge on any atom is -0.332 e. The Morgan fingerprint density at radius 3 is 2.65 bits per heavy atom. The van der Waals surface area contributed by atoms with Gasteiger partial charge in [-0.25, -0.2) is 0 Å². The lowest BCUT2D eigenvalue weighted by Gasteiger charge is -2.11. The lowest BCUT2D eigenvalue weighted by Crippen LogP contribution is -2.18. The molecule has 0 amide bonds. The van der Waals surface area contributed by atoms with Crippen molar-refractivity contribution in [3.05, 3.63) is 40.6 Å². The molecule has 0 N–H and O–H groups in total. The van der Waals surface area contributed by atoms with Gasteiger partial charge in [-0.05, 0) is 31.2 Å². The normalized spacial score (nSPS) is 12.2. The zero-order chi connectivity index (χ0) is 14.9. The molecule has 2 nitrogen and oxygen atoms in total. The third kappa shape index (κ3) is 2.66. The molecule has 1 aromatic carbocycles. The standard InChI is InChI=1S/C14H10ClF3N2/c1-2-3-10-6-11-12(20(10)8-14(16,17)18)5-4-9(7-19)13(11)15/h2-6H,8H2,1H3/b3-2+. The van der Waals surface area contributed by atoms with Gasteiger partial charge in [0.05, 0.1) is 16.1 Å². The molecule has 0 atom stereocenters. The van der Waals surface area contributed by atoms with Crippen molar-refractivity contribution in [1.29, 1.82) is 5.26 Å². The molecule has 0 spiro atoms. The van der Waals surface area contributed by atoms with E-state index in [2.05, 4.69) is 0 Å². The second-order valence-electron chi connectivity index (χ2n) is 4.24. The highest BCUT2D eigenvalue weighted by molar-refractivity contribution is 6.36. The fourth-order valence-corrected chi connectivity index (χ4v) is 2.33. The van der Waals surface area contributed by atoms with Crippen molar-refractivity contribution < 1.29 is 13.2 Å². The molecule has 104 valence electrons. The maximum atomic E-state index is 12.7. The number of benzene rings is 1. The van der Waals surface area contributed by atoms with Crippen LogP contribution in [0.1, 0.15) is 18.2 Å². The number of hydrogen-bond donors (Lipinski definition) is 0. The van der Waals surface area contributed by atoms with Crippen LogP contribution in [0.5, 0.6) is 0 Å². The fourth-order valence-electron chi connectivity index (χ4n) is 2.07. The molecule has 0 fully saturated rings. The van der Waals surface area contributed by atoms with E-state index in [4.69, 9.17) is 16.9 Å². The number of rotatable bonds is 2. The van der Waals surface area contributed by atoms with Crippen molar-refractivity contribution in [3.8, 4) is 6.07 Å². The van der Waals surface area contributed by atoms with Crippen LogP contribution in [-0.4, -0.2) is 10.7 Å². The Bertz CT molecular complexity index is 721. The fraction of sp³-hybridized carbons (Fsp3) is 0.214. The molecule has 0 aliphatic rings. The summed E-state index contributed by atoms with van der Waals surface area (Å²) in [6.07, 6.45) is -1.10. The zero-order valence-electron chi connectivity index (χ0n) is 10.5. The highest BCUT2D eigenvalue weighted by Crippen LogP contribution is 2.32. The first kappa shape index (κ1) is 14.5. The van der Waals surface area contributed by atoms with Crippen LogP contribution in [-0.2, 0) is 6.54 Å². The lowest BCUT2D eigenvalue weighted by atomic mass is 10.1. The predicted octanol–water partition coefficient (Wildman–Crippen LogP) is 4.76. The molecule has 2 aromatic rings. The Hall–Kier alpha value is -1.93. The summed E-state index contributed by atoms with van der Waals surface area (Å²) in [6.45, 7) is 0.621. The van der Waals surface area contributed by atoms with Gasteiger partial charge in [0.15, 0.2) is 0 Å². The first-order chi connectivity index (χ1) is 9.37. The summed E-state index contributed by atoms with van der Waals surface area (Å²) in [4.78, 5) is 0.